The number of rotatable bonds is 6. The number of morpholine rings is 1. The smallest absolute Gasteiger partial charge is 0.319 e. The second kappa shape index (κ2) is 8.67. The van der Waals surface area contributed by atoms with E-state index >= 15 is 0 Å². The number of hydrogen-bond donors (Lipinski definition) is 1. The van der Waals surface area contributed by atoms with Gasteiger partial charge in [0.25, 0.3) is 0 Å². The van der Waals surface area contributed by atoms with Gasteiger partial charge in [0.05, 0.1) is 44.4 Å². The van der Waals surface area contributed by atoms with E-state index in [2.05, 4.69) is 54.5 Å². The third-order valence-corrected chi connectivity index (χ3v) is 5.33. The SMILES string of the molecule is COc1ncc(-c2ccc(Nc3ccc(N4CCOCC4)cc3)c3ncnn23)c(OC)n1. The summed E-state index contributed by atoms with van der Waals surface area (Å²) >= 11 is 0. The Morgan fingerprint density at radius 1 is 0.969 bits per heavy atom. The lowest BCUT2D eigenvalue weighted by atomic mass is 10.2. The van der Waals surface area contributed by atoms with Crippen LogP contribution in [0.4, 0.5) is 17.1 Å². The van der Waals surface area contributed by atoms with Crippen molar-refractivity contribution in [2.45, 2.75) is 0 Å². The molecule has 0 aliphatic carbocycles. The number of fused-ring (bicyclic) bond motifs is 1. The molecule has 1 saturated heterocycles. The number of benzene rings is 1. The van der Waals surface area contributed by atoms with Gasteiger partial charge in [-0.15, -0.1) is 0 Å². The molecule has 5 rings (SSSR count). The average Bonchev–Trinajstić information content (AvgIpc) is 3.35. The van der Waals surface area contributed by atoms with Crippen LogP contribution in [0.2, 0.25) is 0 Å². The fourth-order valence-corrected chi connectivity index (χ4v) is 3.72. The van der Waals surface area contributed by atoms with Crippen molar-refractivity contribution in [3.63, 3.8) is 0 Å². The number of anilines is 3. The van der Waals surface area contributed by atoms with Crippen LogP contribution in [0.5, 0.6) is 11.9 Å². The first-order valence-electron chi connectivity index (χ1n) is 10.2. The van der Waals surface area contributed by atoms with Crippen molar-refractivity contribution in [2.75, 3.05) is 50.7 Å². The number of nitrogens with zero attached hydrogens (tertiary/aromatic N) is 6. The second-order valence-corrected chi connectivity index (χ2v) is 7.18. The highest BCUT2D eigenvalue weighted by molar-refractivity contribution is 5.78. The molecule has 164 valence electrons. The van der Waals surface area contributed by atoms with E-state index in [1.54, 1.807) is 17.8 Å². The summed E-state index contributed by atoms with van der Waals surface area (Å²) in [6.07, 6.45) is 3.17. The number of hydrogen-bond acceptors (Lipinski definition) is 9. The largest absolute Gasteiger partial charge is 0.480 e. The summed E-state index contributed by atoms with van der Waals surface area (Å²) in [7, 11) is 3.07. The van der Waals surface area contributed by atoms with E-state index in [0.29, 0.717) is 17.1 Å². The average molecular weight is 433 g/mol. The van der Waals surface area contributed by atoms with Gasteiger partial charge in [0, 0.05) is 30.7 Å². The Hall–Kier alpha value is -3.92. The molecule has 1 N–H and O–H groups in total. The third kappa shape index (κ3) is 3.76. The van der Waals surface area contributed by atoms with Gasteiger partial charge in [0.2, 0.25) is 5.88 Å². The zero-order chi connectivity index (χ0) is 21.9. The van der Waals surface area contributed by atoms with E-state index < -0.39 is 0 Å². The quantitative estimate of drug-likeness (QED) is 0.492. The third-order valence-electron chi connectivity index (χ3n) is 5.33. The summed E-state index contributed by atoms with van der Waals surface area (Å²) < 4.78 is 17.7. The minimum atomic E-state index is 0.235. The second-order valence-electron chi connectivity index (χ2n) is 7.18. The van der Waals surface area contributed by atoms with Crippen molar-refractivity contribution in [2.24, 2.45) is 0 Å². The monoisotopic (exact) mass is 433 g/mol. The van der Waals surface area contributed by atoms with Crippen LogP contribution >= 0.6 is 0 Å². The van der Waals surface area contributed by atoms with Gasteiger partial charge in [-0.25, -0.2) is 14.5 Å². The first-order valence-corrected chi connectivity index (χ1v) is 10.2. The fourth-order valence-electron chi connectivity index (χ4n) is 3.72. The van der Waals surface area contributed by atoms with E-state index in [1.165, 1.54) is 19.1 Å². The number of aromatic nitrogens is 5. The summed E-state index contributed by atoms with van der Waals surface area (Å²) in [5.41, 5.74) is 5.10. The van der Waals surface area contributed by atoms with Crippen LogP contribution in [0, 0.1) is 0 Å². The zero-order valence-electron chi connectivity index (χ0n) is 17.9. The Morgan fingerprint density at radius 2 is 1.78 bits per heavy atom. The molecular formula is C22H23N7O3. The van der Waals surface area contributed by atoms with Crippen molar-refractivity contribution in [3.05, 3.63) is 48.9 Å². The van der Waals surface area contributed by atoms with E-state index in [-0.39, 0.29) is 6.01 Å². The first kappa shape index (κ1) is 20.0. The molecule has 0 saturated carbocycles. The molecule has 10 nitrogen and oxygen atoms in total. The fraction of sp³-hybridized carbons (Fsp3) is 0.273. The molecule has 0 unspecified atom stereocenters. The Balaban J connectivity index is 1.44. The predicted molar refractivity (Wildman–Crippen MR) is 120 cm³/mol. The van der Waals surface area contributed by atoms with Gasteiger partial charge in [0.15, 0.2) is 5.65 Å². The van der Waals surface area contributed by atoms with Crippen LogP contribution < -0.4 is 19.7 Å². The number of methoxy groups -OCH3 is 2. The molecular weight excluding hydrogens is 410 g/mol. The molecule has 1 fully saturated rings. The Labute approximate surface area is 184 Å². The number of nitrogens with one attached hydrogen (secondary N) is 1. The van der Waals surface area contributed by atoms with Crippen LogP contribution in [-0.4, -0.2) is 65.1 Å². The molecule has 1 aliphatic rings. The molecule has 4 heterocycles. The van der Waals surface area contributed by atoms with Crippen LogP contribution in [0.15, 0.2) is 48.9 Å². The predicted octanol–water partition coefficient (Wildman–Crippen LogP) is 2.78. The van der Waals surface area contributed by atoms with Gasteiger partial charge in [-0.3, -0.25) is 0 Å². The standard InChI is InChI=1S/C22H23N7O3/c1-30-21-17(13-23-22(27-21)31-2)19-8-7-18(20-24-14-25-29(19)20)26-15-3-5-16(6-4-15)28-9-11-32-12-10-28/h3-8,13-14,26H,9-12H2,1-2H3. The number of pyridine rings is 1. The van der Waals surface area contributed by atoms with Crippen molar-refractivity contribution >= 4 is 22.7 Å². The molecule has 10 heteroatoms. The topological polar surface area (TPSA) is 98.9 Å². The highest BCUT2D eigenvalue weighted by atomic mass is 16.5. The maximum atomic E-state index is 5.43. The summed E-state index contributed by atoms with van der Waals surface area (Å²) in [6.45, 7) is 3.35. The van der Waals surface area contributed by atoms with E-state index in [4.69, 9.17) is 14.2 Å². The molecule has 0 radical (unpaired) electrons. The van der Waals surface area contributed by atoms with Gasteiger partial charge >= 0.3 is 6.01 Å². The van der Waals surface area contributed by atoms with Crippen molar-refractivity contribution < 1.29 is 14.2 Å². The van der Waals surface area contributed by atoms with Crippen LogP contribution in [0.1, 0.15) is 0 Å². The lowest BCUT2D eigenvalue weighted by Crippen LogP contribution is -2.36. The number of ether oxygens (including phenoxy) is 3. The molecule has 0 spiro atoms. The van der Waals surface area contributed by atoms with Crippen molar-refractivity contribution in [1.29, 1.82) is 0 Å². The summed E-state index contributed by atoms with van der Waals surface area (Å²) in [4.78, 5) is 15.2. The van der Waals surface area contributed by atoms with Gasteiger partial charge in [-0.1, -0.05) is 0 Å². The lowest BCUT2D eigenvalue weighted by Gasteiger charge is -2.28. The summed E-state index contributed by atoms with van der Waals surface area (Å²) in [5.74, 6) is 0.396. The molecule has 3 aromatic heterocycles. The van der Waals surface area contributed by atoms with E-state index in [9.17, 15) is 0 Å². The Kier molecular flexibility index (Phi) is 5.42. The summed E-state index contributed by atoms with van der Waals surface area (Å²) in [5, 5.41) is 7.83. The van der Waals surface area contributed by atoms with Crippen LogP contribution in [-0.2, 0) is 4.74 Å². The van der Waals surface area contributed by atoms with Crippen LogP contribution in [0.3, 0.4) is 0 Å². The Morgan fingerprint density at radius 3 is 2.53 bits per heavy atom. The highest BCUT2D eigenvalue weighted by Gasteiger charge is 2.17. The van der Waals surface area contributed by atoms with Gasteiger partial charge < -0.3 is 24.4 Å². The van der Waals surface area contributed by atoms with E-state index in [0.717, 1.165) is 43.4 Å². The highest BCUT2D eigenvalue weighted by Crippen LogP contribution is 2.32. The molecule has 1 aromatic carbocycles. The maximum Gasteiger partial charge on any atom is 0.319 e. The molecule has 4 aromatic rings. The van der Waals surface area contributed by atoms with Crippen LogP contribution in [0.25, 0.3) is 16.9 Å². The lowest BCUT2D eigenvalue weighted by molar-refractivity contribution is 0.122. The van der Waals surface area contributed by atoms with Gasteiger partial charge in [-0.2, -0.15) is 10.1 Å². The molecule has 1 aliphatic heterocycles. The minimum Gasteiger partial charge on any atom is -0.480 e. The molecule has 32 heavy (non-hydrogen) atoms. The maximum absolute atomic E-state index is 5.43. The van der Waals surface area contributed by atoms with Gasteiger partial charge in [-0.05, 0) is 36.4 Å². The molecule has 0 bridgehead atoms. The normalized spacial score (nSPS) is 13.9. The van der Waals surface area contributed by atoms with Gasteiger partial charge in [0.1, 0.15) is 6.33 Å². The first-order chi connectivity index (χ1) is 15.8. The zero-order valence-corrected chi connectivity index (χ0v) is 17.9. The molecule has 0 amide bonds. The Bertz CT molecular complexity index is 1220. The molecule has 0 atom stereocenters. The van der Waals surface area contributed by atoms with E-state index in [1.807, 2.05) is 12.1 Å². The summed E-state index contributed by atoms with van der Waals surface area (Å²) in [6, 6.07) is 12.5. The van der Waals surface area contributed by atoms with Crippen molar-refractivity contribution in [1.82, 2.24) is 24.6 Å². The van der Waals surface area contributed by atoms with Crippen molar-refractivity contribution in [3.8, 4) is 23.1 Å². The minimum absolute atomic E-state index is 0.235.